The topological polar surface area (TPSA) is 85.2 Å². The summed E-state index contributed by atoms with van der Waals surface area (Å²) >= 11 is 0. The zero-order valence-corrected chi connectivity index (χ0v) is 21.3. The molecule has 1 aliphatic carbocycles. The normalized spacial score (nSPS) is 16.6. The third kappa shape index (κ3) is 6.90. The minimum absolute atomic E-state index is 0.0233. The third-order valence-corrected chi connectivity index (χ3v) is 6.66. The number of allylic oxidation sites excluding steroid dienone is 1. The number of aliphatic hydroxyl groups is 1. The minimum atomic E-state index is -4.56. The van der Waals surface area contributed by atoms with Crippen molar-refractivity contribution in [3.63, 3.8) is 0 Å². The number of alkyl halides is 6. The third-order valence-electron chi connectivity index (χ3n) is 6.66. The summed E-state index contributed by atoms with van der Waals surface area (Å²) in [4.78, 5) is 13.4. The van der Waals surface area contributed by atoms with Crippen molar-refractivity contribution in [1.82, 2.24) is 5.32 Å². The van der Waals surface area contributed by atoms with E-state index < -0.39 is 41.2 Å². The van der Waals surface area contributed by atoms with Crippen LogP contribution in [0, 0.1) is 11.3 Å². The molecule has 0 heterocycles. The van der Waals surface area contributed by atoms with Crippen LogP contribution in [0.25, 0.3) is 0 Å². The van der Waals surface area contributed by atoms with Gasteiger partial charge in [0.15, 0.2) is 5.78 Å². The summed E-state index contributed by atoms with van der Waals surface area (Å²) in [5.74, 6) is -1.31. The average molecular weight is 572 g/mol. The molecule has 4 rings (SSSR count). The van der Waals surface area contributed by atoms with E-state index in [0.717, 1.165) is 24.3 Å². The lowest BCUT2D eigenvalue weighted by Crippen LogP contribution is -2.32. The van der Waals surface area contributed by atoms with Gasteiger partial charge in [0, 0.05) is 18.5 Å². The Bertz CT molecular complexity index is 1520. The van der Waals surface area contributed by atoms with Gasteiger partial charge >= 0.3 is 12.4 Å². The Morgan fingerprint density at radius 1 is 0.927 bits per heavy atom. The Kier molecular flexibility index (Phi) is 8.14. The standard InChI is InChI=1S/C30H23F6N3O2/c1-17(38-24-4-2-3-23(15-24)30(34,35)36)39-28(20-7-5-18(16-37)6-8-20)27-25(40)13-21(14-26(27)41)19-9-11-22(12-10-19)29(31,32)33/h2-12,15,21,28,38-40H,1,13-14H2. The summed E-state index contributed by atoms with van der Waals surface area (Å²) in [5, 5.41) is 25.9. The molecule has 5 nitrogen and oxygen atoms in total. The molecule has 0 fully saturated rings. The SMILES string of the molecule is C=C(Nc1cccc(C(F)(F)F)c1)NC(C1=C(O)CC(c2ccc(C(F)(F)F)cc2)CC1=O)c1ccc(C#N)cc1. The number of nitrogens with zero attached hydrogens (tertiary/aromatic N) is 1. The molecule has 2 atom stereocenters. The first kappa shape index (κ1) is 29.3. The van der Waals surface area contributed by atoms with Crippen LogP contribution in [-0.4, -0.2) is 10.9 Å². The number of nitrogens with one attached hydrogen (secondary N) is 2. The van der Waals surface area contributed by atoms with E-state index in [2.05, 4.69) is 17.2 Å². The van der Waals surface area contributed by atoms with Crippen LogP contribution in [0.2, 0.25) is 0 Å². The quantitative estimate of drug-likeness (QED) is 0.252. The van der Waals surface area contributed by atoms with Crippen LogP contribution < -0.4 is 10.6 Å². The smallest absolute Gasteiger partial charge is 0.416 e. The number of Topliss-reactive ketones (excluding diaryl/α,β-unsaturated/α-hetero) is 1. The van der Waals surface area contributed by atoms with Gasteiger partial charge in [-0.05, 0) is 59.5 Å². The highest BCUT2D eigenvalue weighted by atomic mass is 19.4. The molecule has 0 amide bonds. The van der Waals surface area contributed by atoms with E-state index in [4.69, 9.17) is 5.26 Å². The number of nitriles is 1. The predicted octanol–water partition coefficient (Wildman–Crippen LogP) is 7.77. The number of hydrogen-bond acceptors (Lipinski definition) is 5. The maximum atomic E-state index is 13.4. The van der Waals surface area contributed by atoms with Crippen molar-refractivity contribution in [1.29, 1.82) is 5.26 Å². The summed E-state index contributed by atoms with van der Waals surface area (Å²) in [6.07, 6.45) is -9.21. The molecule has 1 aliphatic rings. The molecule has 212 valence electrons. The Labute approximate surface area is 231 Å². The molecule has 0 radical (unpaired) electrons. The van der Waals surface area contributed by atoms with Crippen molar-refractivity contribution in [3.05, 3.63) is 124 Å². The fourth-order valence-electron chi connectivity index (χ4n) is 4.65. The van der Waals surface area contributed by atoms with Gasteiger partial charge < -0.3 is 15.7 Å². The van der Waals surface area contributed by atoms with Crippen LogP contribution in [0.1, 0.15) is 52.6 Å². The highest BCUT2D eigenvalue weighted by molar-refractivity contribution is 5.98. The molecular formula is C30H23F6N3O2. The molecule has 2 unspecified atom stereocenters. The van der Waals surface area contributed by atoms with E-state index in [-0.39, 0.29) is 35.7 Å². The maximum Gasteiger partial charge on any atom is 0.416 e. The molecule has 3 aromatic rings. The second kappa shape index (κ2) is 11.4. The summed E-state index contributed by atoms with van der Waals surface area (Å²) in [5.41, 5.74) is -0.411. The van der Waals surface area contributed by atoms with Crippen molar-refractivity contribution in [3.8, 4) is 6.07 Å². The molecule has 3 N–H and O–H groups in total. The summed E-state index contributed by atoms with van der Waals surface area (Å²) in [6, 6.07) is 15.9. The van der Waals surface area contributed by atoms with Crippen LogP contribution in [0.3, 0.4) is 0 Å². The lowest BCUT2D eigenvalue weighted by molar-refractivity contribution is -0.138. The van der Waals surface area contributed by atoms with E-state index >= 15 is 0 Å². The van der Waals surface area contributed by atoms with Crippen LogP contribution in [0.15, 0.2) is 96.5 Å². The number of benzene rings is 3. The van der Waals surface area contributed by atoms with E-state index in [1.807, 2.05) is 6.07 Å². The molecule has 0 aliphatic heterocycles. The first-order valence-electron chi connectivity index (χ1n) is 12.3. The van der Waals surface area contributed by atoms with E-state index in [0.29, 0.717) is 16.7 Å². The molecule has 3 aromatic carbocycles. The molecule has 11 heteroatoms. The molecular weight excluding hydrogens is 548 g/mol. The zero-order chi connectivity index (χ0) is 29.9. The van der Waals surface area contributed by atoms with Gasteiger partial charge in [-0.1, -0.05) is 36.9 Å². The minimum Gasteiger partial charge on any atom is -0.512 e. The number of aliphatic hydroxyl groups excluding tert-OH is 1. The average Bonchev–Trinajstić information content (AvgIpc) is 2.91. The van der Waals surface area contributed by atoms with Crippen LogP contribution in [0.5, 0.6) is 0 Å². The molecule has 41 heavy (non-hydrogen) atoms. The monoisotopic (exact) mass is 571 g/mol. The summed E-state index contributed by atoms with van der Waals surface area (Å²) in [6.45, 7) is 3.81. The summed E-state index contributed by atoms with van der Waals surface area (Å²) < 4.78 is 78.3. The lowest BCUT2D eigenvalue weighted by Gasteiger charge is -2.30. The van der Waals surface area contributed by atoms with E-state index in [9.17, 15) is 36.2 Å². The second-order valence-corrected chi connectivity index (χ2v) is 9.50. The Hall–Kier alpha value is -4.72. The fourth-order valence-corrected chi connectivity index (χ4v) is 4.65. The highest BCUT2D eigenvalue weighted by Crippen LogP contribution is 2.40. The Balaban J connectivity index is 1.62. The Morgan fingerprint density at radius 2 is 1.56 bits per heavy atom. The Morgan fingerprint density at radius 3 is 2.12 bits per heavy atom. The lowest BCUT2D eigenvalue weighted by atomic mass is 9.79. The van der Waals surface area contributed by atoms with Gasteiger partial charge in [-0.25, -0.2) is 0 Å². The number of carbonyl (C=O) groups is 1. The number of rotatable bonds is 7. The molecule has 0 spiro atoms. The number of anilines is 1. The van der Waals surface area contributed by atoms with Gasteiger partial charge in [0.1, 0.15) is 5.76 Å². The highest BCUT2D eigenvalue weighted by Gasteiger charge is 2.35. The number of halogens is 6. The molecule has 0 saturated carbocycles. The number of ketones is 1. The van der Waals surface area contributed by atoms with E-state index in [1.54, 1.807) is 12.1 Å². The number of hydrogen-bond donors (Lipinski definition) is 3. The van der Waals surface area contributed by atoms with Crippen molar-refractivity contribution >= 4 is 11.5 Å². The van der Waals surface area contributed by atoms with Crippen LogP contribution in [0.4, 0.5) is 32.0 Å². The first-order valence-corrected chi connectivity index (χ1v) is 12.3. The van der Waals surface area contributed by atoms with Crippen LogP contribution >= 0.6 is 0 Å². The zero-order valence-electron chi connectivity index (χ0n) is 21.3. The first-order chi connectivity index (χ1) is 19.3. The summed E-state index contributed by atoms with van der Waals surface area (Å²) in [7, 11) is 0. The molecule has 0 bridgehead atoms. The van der Waals surface area contributed by atoms with Crippen molar-refractivity contribution in [2.45, 2.75) is 37.2 Å². The molecule has 0 aromatic heterocycles. The van der Waals surface area contributed by atoms with Crippen molar-refractivity contribution in [2.75, 3.05) is 5.32 Å². The second-order valence-electron chi connectivity index (χ2n) is 9.50. The predicted molar refractivity (Wildman–Crippen MR) is 139 cm³/mol. The van der Waals surface area contributed by atoms with Gasteiger partial charge in [-0.3, -0.25) is 4.79 Å². The number of carbonyl (C=O) groups excluding carboxylic acids is 1. The van der Waals surface area contributed by atoms with Gasteiger partial charge in [0.2, 0.25) is 0 Å². The van der Waals surface area contributed by atoms with Crippen LogP contribution in [-0.2, 0) is 17.1 Å². The van der Waals surface area contributed by atoms with Crippen molar-refractivity contribution in [2.24, 2.45) is 0 Å². The van der Waals surface area contributed by atoms with E-state index in [1.165, 1.54) is 36.4 Å². The molecule has 0 saturated heterocycles. The van der Waals surface area contributed by atoms with Gasteiger partial charge in [-0.15, -0.1) is 0 Å². The van der Waals surface area contributed by atoms with Gasteiger partial charge in [-0.2, -0.15) is 31.6 Å². The van der Waals surface area contributed by atoms with Gasteiger partial charge in [0.05, 0.1) is 40.2 Å². The fraction of sp³-hybridized carbons (Fsp3) is 0.200. The van der Waals surface area contributed by atoms with Crippen molar-refractivity contribution < 1.29 is 36.2 Å². The van der Waals surface area contributed by atoms with Gasteiger partial charge in [0.25, 0.3) is 0 Å². The maximum absolute atomic E-state index is 13.4. The largest absolute Gasteiger partial charge is 0.512 e.